The largest absolute Gasteiger partial charge is 0.382 e. The summed E-state index contributed by atoms with van der Waals surface area (Å²) in [6, 6.07) is 1.44. The molecule has 158 valence electrons. The Bertz CT molecular complexity index is 912. The Morgan fingerprint density at radius 3 is 2.52 bits per heavy atom. The number of H-pyrrole nitrogens is 1. The maximum absolute atomic E-state index is 14.6. The van der Waals surface area contributed by atoms with E-state index in [1.54, 1.807) is 11.8 Å². The molecule has 2 aromatic rings. The van der Waals surface area contributed by atoms with Crippen molar-refractivity contribution in [1.29, 1.82) is 0 Å². The third-order valence-electron chi connectivity index (χ3n) is 5.47. The lowest BCUT2D eigenvalue weighted by molar-refractivity contribution is 0.0699. The molecule has 2 fully saturated rings. The molecule has 0 aliphatic carbocycles. The van der Waals surface area contributed by atoms with Gasteiger partial charge in [-0.25, -0.2) is 13.8 Å². The first kappa shape index (κ1) is 20.6. The number of anilines is 1. The van der Waals surface area contributed by atoms with E-state index in [-0.39, 0.29) is 16.6 Å². The summed E-state index contributed by atoms with van der Waals surface area (Å²) in [7, 11) is 0. The highest BCUT2D eigenvalue weighted by atomic mass is 32.2. The van der Waals surface area contributed by atoms with E-state index in [4.69, 9.17) is 9.47 Å². The van der Waals surface area contributed by atoms with Gasteiger partial charge in [-0.2, -0.15) is 11.8 Å². The molecule has 0 saturated carbocycles. The highest BCUT2D eigenvalue weighted by Gasteiger charge is 2.20. The molecule has 1 aromatic carbocycles. The van der Waals surface area contributed by atoms with Crippen molar-refractivity contribution in [3.05, 3.63) is 33.9 Å². The van der Waals surface area contributed by atoms with Crippen molar-refractivity contribution in [3.8, 4) is 0 Å². The molecule has 6 nitrogen and oxygen atoms in total. The topological polar surface area (TPSA) is 76.2 Å². The molecule has 0 spiro atoms. The molecule has 2 aliphatic heterocycles. The molecule has 1 aromatic heterocycles. The summed E-state index contributed by atoms with van der Waals surface area (Å²) in [5.41, 5.74) is -0.433. The minimum Gasteiger partial charge on any atom is -0.382 e. The van der Waals surface area contributed by atoms with Crippen LogP contribution in [0.15, 0.2) is 10.9 Å². The highest BCUT2D eigenvalue weighted by molar-refractivity contribution is 7.99. The second kappa shape index (κ2) is 9.40. The van der Waals surface area contributed by atoms with Crippen molar-refractivity contribution >= 4 is 28.4 Å². The first-order chi connectivity index (χ1) is 14.1. The zero-order chi connectivity index (χ0) is 20.2. The van der Waals surface area contributed by atoms with Crippen molar-refractivity contribution in [1.82, 2.24) is 9.97 Å². The fourth-order valence-corrected chi connectivity index (χ4v) is 4.78. The lowest BCUT2D eigenvalue weighted by Gasteiger charge is -2.23. The molecule has 0 radical (unpaired) electrons. The van der Waals surface area contributed by atoms with E-state index in [2.05, 4.69) is 15.3 Å². The van der Waals surface area contributed by atoms with Gasteiger partial charge in [0, 0.05) is 38.2 Å². The number of ether oxygens (including phenoxy) is 2. The van der Waals surface area contributed by atoms with E-state index < -0.39 is 17.2 Å². The summed E-state index contributed by atoms with van der Waals surface area (Å²) in [5, 5.41) is 3.11. The number of hydrogen-bond donors (Lipinski definition) is 2. The molecule has 0 amide bonds. The van der Waals surface area contributed by atoms with Gasteiger partial charge in [-0.15, -0.1) is 0 Å². The minimum absolute atomic E-state index is 0.0441. The summed E-state index contributed by atoms with van der Waals surface area (Å²) >= 11 is 1.70. The van der Waals surface area contributed by atoms with Gasteiger partial charge in [0.2, 0.25) is 0 Å². The first-order valence-corrected chi connectivity index (χ1v) is 11.1. The van der Waals surface area contributed by atoms with Crippen LogP contribution in [-0.4, -0.2) is 48.2 Å². The van der Waals surface area contributed by atoms with Crippen molar-refractivity contribution in [2.24, 2.45) is 5.92 Å². The van der Waals surface area contributed by atoms with Crippen LogP contribution in [0.25, 0.3) is 10.9 Å². The Balaban J connectivity index is 1.53. The van der Waals surface area contributed by atoms with Crippen LogP contribution in [0.5, 0.6) is 0 Å². The minimum atomic E-state index is -1.16. The predicted molar refractivity (Wildman–Crippen MR) is 109 cm³/mol. The molecule has 29 heavy (non-hydrogen) atoms. The van der Waals surface area contributed by atoms with Crippen molar-refractivity contribution < 1.29 is 18.3 Å². The molecule has 2 saturated heterocycles. The highest BCUT2D eigenvalue weighted by Crippen LogP contribution is 2.27. The molecule has 0 unspecified atom stereocenters. The van der Waals surface area contributed by atoms with Crippen molar-refractivity contribution in [2.45, 2.75) is 36.7 Å². The number of nitrogens with zero attached hydrogens (tertiary/aromatic N) is 1. The third kappa shape index (κ3) is 4.90. The Morgan fingerprint density at radius 1 is 1.10 bits per heavy atom. The van der Waals surface area contributed by atoms with E-state index >= 15 is 0 Å². The molecular weight excluding hydrogens is 400 g/mol. The van der Waals surface area contributed by atoms with Gasteiger partial charge in [0.25, 0.3) is 5.56 Å². The van der Waals surface area contributed by atoms with Gasteiger partial charge in [-0.3, -0.25) is 4.79 Å². The van der Waals surface area contributed by atoms with Crippen molar-refractivity contribution in [3.63, 3.8) is 0 Å². The van der Waals surface area contributed by atoms with Crippen LogP contribution in [0.2, 0.25) is 0 Å². The molecule has 0 bridgehead atoms. The van der Waals surface area contributed by atoms with E-state index in [1.807, 2.05) is 0 Å². The number of hydrogen-bond acceptors (Lipinski definition) is 6. The maximum atomic E-state index is 14.6. The Hall–Kier alpha value is -1.71. The lowest BCUT2D eigenvalue weighted by Crippen LogP contribution is -2.23. The van der Waals surface area contributed by atoms with E-state index in [0.717, 1.165) is 38.9 Å². The summed E-state index contributed by atoms with van der Waals surface area (Å²) in [4.78, 5) is 19.4. The average Bonchev–Trinajstić information content (AvgIpc) is 2.75. The Labute approximate surface area is 171 Å². The van der Waals surface area contributed by atoms with E-state index in [1.165, 1.54) is 6.07 Å². The van der Waals surface area contributed by atoms with Crippen LogP contribution in [0.4, 0.5) is 14.5 Å². The number of fused-ring (bicyclic) bond motifs is 1. The second-order valence-electron chi connectivity index (χ2n) is 7.52. The molecular formula is C20H25F2N3O3S. The van der Waals surface area contributed by atoms with Gasteiger partial charge < -0.3 is 19.8 Å². The monoisotopic (exact) mass is 425 g/mol. The molecule has 0 atom stereocenters. The van der Waals surface area contributed by atoms with E-state index in [0.29, 0.717) is 42.5 Å². The molecule has 2 aliphatic rings. The Morgan fingerprint density at radius 2 is 1.79 bits per heavy atom. The summed E-state index contributed by atoms with van der Waals surface area (Å²) in [6.45, 7) is 3.39. The quantitative estimate of drug-likeness (QED) is 0.738. The number of halogens is 2. The van der Waals surface area contributed by atoms with Crippen LogP contribution < -0.4 is 10.9 Å². The van der Waals surface area contributed by atoms with Crippen LogP contribution in [0.1, 0.15) is 31.5 Å². The SMILES string of the molecule is O=c1[nH]c(CSC2CCOCC2)nc2cc(NCC3CCOCC3)c(F)c(F)c12. The second-order valence-corrected chi connectivity index (χ2v) is 8.81. The van der Waals surface area contributed by atoms with Crippen LogP contribution >= 0.6 is 11.8 Å². The average molecular weight is 426 g/mol. The maximum Gasteiger partial charge on any atom is 0.261 e. The van der Waals surface area contributed by atoms with Crippen LogP contribution in [0.3, 0.4) is 0 Å². The van der Waals surface area contributed by atoms with Crippen LogP contribution in [-0.2, 0) is 15.2 Å². The molecule has 9 heteroatoms. The fourth-order valence-electron chi connectivity index (χ4n) is 3.72. The number of rotatable bonds is 6. The number of aromatic nitrogens is 2. The van der Waals surface area contributed by atoms with E-state index in [9.17, 15) is 13.6 Å². The Kier molecular flexibility index (Phi) is 6.67. The molecule has 3 heterocycles. The van der Waals surface area contributed by atoms with Gasteiger partial charge in [0.05, 0.1) is 17.0 Å². The van der Waals surface area contributed by atoms with Gasteiger partial charge >= 0.3 is 0 Å². The first-order valence-electron chi connectivity index (χ1n) is 10.0. The number of aromatic amines is 1. The van der Waals surface area contributed by atoms with Crippen LogP contribution in [0, 0.1) is 17.6 Å². The number of benzene rings is 1. The lowest BCUT2D eigenvalue weighted by atomic mass is 10.0. The fraction of sp³-hybridized carbons (Fsp3) is 0.600. The zero-order valence-corrected chi connectivity index (χ0v) is 17.0. The van der Waals surface area contributed by atoms with Gasteiger partial charge in [-0.05, 0) is 37.7 Å². The predicted octanol–water partition coefficient (Wildman–Crippen LogP) is 3.45. The van der Waals surface area contributed by atoms with Crippen molar-refractivity contribution in [2.75, 3.05) is 38.3 Å². The smallest absolute Gasteiger partial charge is 0.261 e. The summed E-state index contributed by atoms with van der Waals surface area (Å²) in [5.74, 6) is -0.865. The summed E-state index contributed by atoms with van der Waals surface area (Å²) < 4.78 is 39.8. The standard InChI is InChI=1S/C20H25F2N3O3S/c21-18-15(23-10-12-1-5-27-6-2-12)9-14-17(19(18)22)20(26)25-16(24-14)11-29-13-3-7-28-8-4-13/h9,12-13,23H,1-8,10-11H2,(H,24,25,26). The van der Waals surface area contributed by atoms with Gasteiger partial charge in [0.15, 0.2) is 11.6 Å². The third-order valence-corrected chi connectivity index (χ3v) is 6.86. The van der Waals surface area contributed by atoms with Gasteiger partial charge in [-0.1, -0.05) is 0 Å². The van der Waals surface area contributed by atoms with Gasteiger partial charge in [0.1, 0.15) is 11.2 Å². The number of nitrogens with one attached hydrogen (secondary N) is 2. The zero-order valence-electron chi connectivity index (χ0n) is 16.1. The number of thioether (sulfide) groups is 1. The normalized spacial score (nSPS) is 19.0. The molecule has 4 rings (SSSR count). The summed E-state index contributed by atoms with van der Waals surface area (Å²) in [6.07, 6.45) is 3.69. The molecule has 2 N–H and O–H groups in total.